The summed E-state index contributed by atoms with van der Waals surface area (Å²) in [6.45, 7) is 2.09. The van der Waals surface area contributed by atoms with E-state index in [4.69, 9.17) is 19.2 Å². The molecule has 0 radical (unpaired) electrons. The number of aromatic nitrogens is 2. The topological polar surface area (TPSA) is 74.1 Å². The van der Waals surface area contributed by atoms with E-state index in [2.05, 4.69) is 5.32 Å². The minimum absolute atomic E-state index is 0.127. The molecular formula is C23H19N3O4. The second kappa shape index (κ2) is 7.44. The van der Waals surface area contributed by atoms with Crippen molar-refractivity contribution in [3.63, 3.8) is 0 Å². The van der Waals surface area contributed by atoms with Crippen LogP contribution in [0.15, 0.2) is 67.0 Å². The number of fused-ring (bicyclic) bond motifs is 2. The summed E-state index contributed by atoms with van der Waals surface area (Å²) in [7, 11) is 0. The Hall–Kier alpha value is -4.00. The number of anilines is 1. The number of nitrogens with zero attached hydrogens (tertiary/aromatic N) is 2. The van der Waals surface area contributed by atoms with E-state index in [1.54, 1.807) is 18.2 Å². The van der Waals surface area contributed by atoms with Gasteiger partial charge in [-0.2, -0.15) is 0 Å². The number of imidazole rings is 1. The molecule has 1 amide bonds. The number of amides is 1. The van der Waals surface area contributed by atoms with Gasteiger partial charge in [0.2, 0.25) is 6.79 Å². The van der Waals surface area contributed by atoms with Crippen LogP contribution in [0.5, 0.6) is 17.2 Å². The summed E-state index contributed by atoms with van der Waals surface area (Å²) in [6.07, 6.45) is 3.91. The number of aryl methyl sites for hydroxylation is 1. The smallest absolute Gasteiger partial charge is 0.262 e. The number of nitrogens with one attached hydrogen (secondary N) is 1. The van der Waals surface area contributed by atoms with E-state index in [0.29, 0.717) is 22.9 Å². The summed E-state index contributed by atoms with van der Waals surface area (Å²) in [6, 6.07) is 16.8. The van der Waals surface area contributed by atoms with Crippen LogP contribution in [0.3, 0.4) is 0 Å². The van der Waals surface area contributed by atoms with Gasteiger partial charge in [0, 0.05) is 24.0 Å². The fourth-order valence-corrected chi connectivity index (χ4v) is 3.40. The lowest BCUT2D eigenvalue weighted by atomic mass is 10.1. The van der Waals surface area contributed by atoms with E-state index in [9.17, 15) is 4.79 Å². The van der Waals surface area contributed by atoms with Crippen LogP contribution in [0.2, 0.25) is 0 Å². The molecule has 5 rings (SSSR count). The summed E-state index contributed by atoms with van der Waals surface area (Å²) < 4.78 is 18.2. The number of ether oxygens (including phenoxy) is 3. The quantitative estimate of drug-likeness (QED) is 0.546. The van der Waals surface area contributed by atoms with Crippen LogP contribution in [0.4, 0.5) is 5.69 Å². The second-order valence-corrected chi connectivity index (χ2v) is 6.95. The number of carbonyl (C=O) groups is 1. The van der Waals surface area contributed by atoms with E-state index in [-0.39, 0.29) is 19.3 Å². The van der Waals surface area contributed by atoms with Gasteiger partial charge in [-0.05, 0) is 36.8 Å². The minimum Gasteiger partial charge on any atom is -0.484 e. The fourth-order valence-electron chi connectivity index (χ4n) is 3.40. The molecular weight excluding hydrogens is 382 g/mol. The number of para-hydroxylation sites is 1. The van der Waals surface area contributed by atoms with Crippen molar-refractivity contribution in [2.75, 3.05) is 18.7 Å². The number of carbonyl (C=O) groups excluding carboxylic acids is 1. The van der Waals surface area contributed by atoms with Gasteiger partial charge in [0.1, 0.15) is 11.4 Å². The normalized spacial score (nSPS) is 12.2. The van der Waals surface area contributed by atoms with Crippen molar-refractivity contribution < 1.29 is 19.0 Å². The average molecular weight is 401 g/mol. The fraction of sp³-hybridized carbons (Fsp3) is 0.130. The third kappa shape index (κ3) is 3.41. The molecule has 1 aliphatic rings. The van der Waals surface area contributed by atoms with Gasteiger partial charge in [-0.25, -0.2) is 4.98 Å². The molecule has 0 saturated heterocycles. The van der Waals surface area contributed by atoms with Crippen molar-refractivity contribution in [1.82, 2.24) is 9.38 Å². The van der Waals surface area contributed by atoms with Crippen LogP contribution in [0.1, 0.15) is 5.56 Å². The molecule has 0 atom stereocenters. The van der Waals surface area contributed by atoms with Crippen LogP contribution in [0, 0.1) is 6.92 Å². The molecule has 2 aromatic carbocycles. The zero-order chi connectivity index (χ0) is 20.5. The molecule has 1 N–H and O–H groups in total. The molecule has 0 spiro atoms. The molecule has 1 aliphatic heterocycles. The maximum Gasteiger partial charge on any atom is 0.262 e. The lowest BCUT2D eigenvalue weighted by molar-refractivity contribution is -0.118. The number of hydrogen-bond acceptors (Lipinski definition) is 5. The molecule has 150 valence electrons. The summed E-state index contributed by atoms with van der Waals surface area (Å²) in [5, 5.41) is 2.92. The van der Waals surface area contributed by atoms with Gasteiger partial charge in [-0.1, -0.05) is 24.3 Å². The van der Waals surface area contributed by atoms with Crippen molar-refractivity contribution in [2.45, 2.75) is 6.92 Å². The van der Waals surface area contributed by atoms with Crippen LogP contribution in [-0.4, -0.2) is 28.7 Å². The van der Waals surface area contributed by atoms with Crippen LogP contribution >= 0.6 is 0 Å². The number of rotatable bonds is 5. The van der Waals surface area contributed by atoms with E-state index in [0.717, 1.165) is 22.5 Å². The lowest BCUT2D eigenvalue weighted by Gasteiger charge is -2.11. The highest BCUT2D eigenvalue weighted by Crippen LogP contribution is 2.35. The maximum atomic E-state index is 12.5. The number of benzene rings is 2. The van der Waals surface area contributed by atoms with Gasteiger partial charge in [-0.15, -0.1) is 0 Å². The van der Waals surface area contributed by atoms with E-state index in [1.165, 1.54) is 0 Å². The van der Waals surface area contributed by atoms with Gasteiger partial charge in [0.25, 0.3) is 5.91 Å². The molecule has 4 aromatic rings. The largest absolute Gasteiger partial charge is 0.484 e. The molecule has 7 nitrogen and oxygen atoms in total. The third-order valence-corrected chi connectivity index (χ3v) is 4.87. The molecule has 7 heteroatoms. The van der Waals surface area contributed by atoms with Gasteiger partial charge < -0.3 is 23.9 Å². The molecule has 2 aromatic heterocycles. The highest BCUT2D eigenvalue weighted by Gasteiger charge is 2.15. The first-order chi connectivity index (χ1) is 14.7. The van der Waals surface area contributed by atoms with E-state index >= 15 is 0 Å². The Bertz CT molecular complexity index is 1250. The first-order valence-corrected chi connectivity index (χ1v) is 9.53. The summed E-state index contributed by atoms with van der Waals surface area (Å²) in [5.74, 6) is 1.56. The molecule has 0 bridgehead atoms. The van der Waals surface area contributed by atoms with Gasteiger partial charge in [0.15, 0.2) is 18.1 Å². The molecule has 0 unspecified atom stereocenters. The molecule has 0 aliphatic carbocycles. The zero-order valence-electron chi connectivity index (χ0n) is 16.3. The van der Waals surface area contributed by atoms with Crippen molar-refractivity contribution in [2.24, 2.45) is 0 Å². The molecule has 30 heavy (non-hydrogen) atoms. The standard InChI is InChI=1S/C23H19N3O4/c1-15-5-4-10-26-12-19(25-23(15)26)17-6-2-3-7-18(17)24-22(27)13-28-16-8-9-20-21(11-16)30-14-29-20/h2-12H,13-14H2,1H3,(H,24,27). The maximum absolute atomic E-state index is 12.5. The number of hydrogen-bond donors (Lipinski definition) is 1. The Morgan fingerprint density at radius 3 is 2.90 bits per heavy atom. The molecule has 0 saturated carbocycles. The molecule has 3 heterocycles. The second-order valence-electron chi connectivity index (χ2n) is 6.95. The van der Waals surface area contributed by atoms with Crippen molar-refractivity contribution in [1.29, 1.82) is 0 Å². The minimum atomic E-state index is -0.264. The summed E-state index contributed by atoms with van der Waals surface area (Å²) >= 11 is 0. The number of pyridine rings is 1. The van der Waals surface area contributed by atoms with Crippen LogP contribution < -0.4 is 19.5 Å². The monoisotopic (exact) mass is 401 g/mol. The Labute approximate surface area is 172 Å². The third-order valence-electron chi connectivity index (χ3n) is 4.87. The highest BCUT2D eigenvalue weighted by atomic mass is 16.7. The van der Waals surface area contributed by atoms with Gasteiger partial charge >= 0.3 is 0 Å². The molecule has 0 fully saturated rings. The predicted molar refractivity (Wildman–Crippen MR) is 112 cm³/mol. The first kappa shape index (κ1) is 18.1. The summed E-state index contributed by atoms with van der Waals surface area (Å²) in [4.78, 5) is 17.2. The average Bonchev–Trinajstić information content (AvgIpc) is 3.40. The van der Waals surface area contributed by atoms with Crippen molar-refractivity contribution >= 4 is 17.2 Å². The van der Waals surface area contributed by atoms with Crippen LogP contribution in [0.25, 0.3) is 16.9 Å². The Morgan fingerprint density at radius 1 is 1.13 bits per heavy atom. The van der Waals surface area contributed by atoms with Crippen molar-refractivity contribution in [3.05, 3.63) is 72.6 Å². The Kier molecular flexibility index (Phi) is 4.48. The Morgan fingerprint density at radius 2 is 2.00 bits per heavy atom. The highest BCUT2D eigenvalue weighted by molar-refractivity contribution is 5.96. The first-order valence-electron chi connectivity index (χ1n) is 9.53. The summed E-state index contributed by atoms with van der Waals surface area (Å²) in [5.41, 5.74) is 4.29. The van der Waals surface area contributed by atoms with Crippen LogP contribution in [-0.2, 0) is 4.79 Å². The SMILES string of the molecule is Cc1cccn2cc(-c3ccccc3NC(=O)COc3ccc4c(c3)OCO4)nc12. The van der Waals surface area contributed by atoms with E-state index < -0.39 is 0 Å². The Balaban J connectivity index is 1.32. The zero-order valence-corrected chi connectivity index (χ0v) is 16.3. The van der Waals surface area contributed by atoms with Crippen molar-refractivity contribution in [3.8, 4) is 28.5 Å². The van der Waals surface area contributed by atoms with E-state index in [1.807, 2.05) is 60.1 Å². The van der Waals surface area contributed by atoms with Gasteiger partial charge in [-0.3, -0.25) is 4.79 Å². The predicted octanol–water partition coefficient (Wildman–Crippen LogP) is 4.06. The lowest BCUT2D eigenvalue weighted by Crippen LogP contribution is -2.20. The van der Waals surface area contributed by atoms with Gasteiger partial charge in [0.05, 0.1) is 11.4 Å².